The van der Waals surface area contributed by atoms with Crippen molar-refractivity contribution in [1.29, 1.82) is 0 Å². The van der Waals surface area contributed by atoms with Crippen molar-refractivity contribution in [3.8, 4) is 0 Å². The molecule has 122 valence electrons. The van der Waals surface area contributed by atoms with E-state index in [0.717, 1.165) is 36.1 Å². The van der Waals surface area contributed by atoms with Crippen molar-refractivity contribution in [2.45, 2.75) is 30.2 Å². The Bertz CT molecular complexity index is 623. The van der Waals surface area contributed by atoms with Crippen LogP contribution in [0.2, 0.25) is 0 Å². The van der Waals surface area contributed by atoms with Gasteiger partial charge in [-0.05, 0) is 17.9 Å². The lowest BCUT2D eigenvalue weighted by molar-refractivity contribution is 0.0496. The Balaban J connectivity index is 1.65. The molecule has 1 saturated heterocycles. The minimum atomic E-state index is 0.270. The van der Waals surface area contributed by atoms with E-state index in [1.54, 1.807) is 18.9 Å². The van der Waals surface area contributed by atoms with E-state index in [-0.39, 0.29) is 6.10 Å². The lowest BCUT2D eigenvalue weighted by Gasteiger charge is -2.36. The fourth-order valence-corrected chi connectivity index (χ4v) is 3.64. The molecule has 0 N–H and O–H groups in total. The van der Waals surface area contributed by atoms with Gasteiger partial charge in [-0.15, -0.1) is 11.8 Å². The number of rotatable bonds is 5. The van der Waals surface area contributed by atoms with E-state index in [2.05, 4.69) is 41.1 Å². The van der Waals surface area contributed by atoms with Gasteiger partial charge in [0.1, 0.15) is 10.8 Å². The van der Waals surface area contributed by atoms with Crippen LogP contribution in [0.15, 0.2) is 47.8 Å². The Kier molecular flexibility index (Phi) is 5.51. The first-order chi connectivity index (χ1) is 11.3. The van der Waals surface area contributed by atoms with E-state index in [1.165, 1.54) is 5.56 Å². The molecule has 1 fully saturated rings. The third-order valence-electron chi connectivity index (χ3n) is 4.35. The van der Waals surface area contributed by atoms with Crippen LogP contribution >= 0.6 is 11.8 Å². The van der Waals surface area contributed by atoms with Gasteiger partial charge < -0.3 is 9.64 Å². The smallest absolute Gasteiger partial charge is 0.148 e. The van der Waals surface area contributed by atoms with Crippen LogP contribution in [0.1, 0.15) is 18.9 Å². The molecule has 2 unspecified atom stereocenters. The molecule has 0 radical (unpaired) electrons. The predicted molar refractivity (Wildman–Crippen MR) is 94.8 cm³/mol. The number of nitrogens with zero attached hydrogens (tertiary/aromatic N) is 3. The Labute approximate surface area is 142 Å². The number of benzene rings is 1. The first kappa shape index (κ1) is 16.3. The number of thioether (sulfide) groups is 1. The minimum absolute atomic E-state index is 0.270. The second-order valence-electron chi connectivity index (χ2n) is 5.98. The van der Waals surface area contributed by atoms with Gasteiger partial charge in [0.2, 0.25) is 0 Å². The van der Waals surface area contributed by atoms with Crippen LogP contribution in [0.5, 0.6) is 0 Å². The molecule has 0 aliphatic carbocycles. The number of aromatic nitrogens is 2. The summed E-state index contributed by atoms with van der Waals surface area (Å²) in [4.78, 5) is 11.4. The summed E-state index contributed by atoms with van der Waals surface area (Å²) >= 11 is 1.73. The van der Waals surface area contributed by atoms with Gasteiger partial charge in [0.15, 0.2) is 0 Å². The van der Waals surface area contributed by atoms with Crippen molar-refractivity contribution in [2.75, 3.05) is 25.1 Å². The first-order valence-electron chi connectivity index (χ1n) is 8.03. The van der Waals surface area contributed by atoms with E-state index >= 15 is 0 Å². The molecule has 3 rings (SSSR count). The van der Waals surface area contributed by atoms with Gasteiger partial charge in [-0.2, -0.15) is 0 Å². The maximum absolute atomic E-state index is 5.60. The molecule has 4 nitrogen and oxygen atoms in total. The van der Waals surface area contributed by atoms with E-state index in [1.807, 2.05) is 18.5 Å². The molecule has 0 spiro atoms. The second-order valence-corrected chi connectivity index (χ2v) is 6.97. The van der Waals surface area contributed by atoms with Crippen molar-refractivity contribution in [3.63, 3.8) is 0 Å². The first-order valence-corrected chi connectivity index (χ1v) is 9.01. The SMILES string of the molecule is COC1CN(c2cncc(SCc3ccccc3)n2)CCC1C. The van der Waals surface area contributed by atoms with Crippen molar-refractivity contribution >= 4 is 17.6 Å². The Hall–Kier alpha value is -1.59. The zero-order valence-electron chi connectivity index (χ0n) is 13.7. The lowest BCUT2D eigenvalue weighted by atomic mass is 9.96. The van der Waals surface area contributed by atoms with E-state index < -0.39 is 0 Å². The largest absolute Gasteiger partial charge is 0.379 e. The fraction of sp³-hybridized carbons (Fsp3) is 0.444. The maximum atomic E-state index is 5.60. The highest BCUT2D eigenvalue weighted by atomic mass is 32.2. The molecule has 0 amide bonds. The van der Waals surface area contributed by atoms with Gasteiger partial charge in [-0.3, -0.25) is 4.98 Å². The molecule has 1 aliphatic rings. The minimum Gasteiger partial charge on any atom is -0.379 e. The Morgan fingerprint density at radius 1 is 1.26 bits per heavy atom. The normalized spacial score (nSPS) is 21.4. The topological polar surface area (TPSA) is 38.2 Å². The fourth-order valence-electron chi connectivity index (χ4n) is 2.84. The number of hydrogen-bond acceptors (Lipinski definition) is 5. The molecule has 2 aromatic rings. The van der Waals surface area contributed by atoms with Gasteiger partial charge in [0, 0.05) is 26.0 Å². The van der Waals surface area contributed by atoms with Gasteiger partial charge >= 0.3 is 0 Å². The molecule has 0 saturated carbocycles. The quantitative estimate of drug-likeness (QED) is 0.783. The Morgan fingerprint density at radius 3 is 2.87 bits per heavy atom. The van der Waals surface area contributed by atoms with Crippen molar-refractivity contribution in [1.82, 2.24) is 9.97 Å². The molecule has 2 atom stereocenters. The number of hydrogen-bond donors (Lipinski definition) is 0. The Morgan fingerprint density at radius 2 is 2.09 bits per heavy atom. The second kappa shape index (κ2) is 7.79. The van der Waals surface area contributed by atoms with Crippen LogP contribution in [0.25, 0.3) is 0 Å². The molecule has 23 heavy (non-hydrogen) atoms. The molecular formula is C18H23N3OS. The summed E-state index contributed by atoms with van der Waals surface area (Å²) in [5.74, 6) is 2.47. The monoisotopic (exact) mass is 329 g/mol. The zero-order chi connectivity index (χ0) is 16.1. The van der Waals surface area contributed by atoms with Gasteiger partial charge in [0.05, 0.1) is 18.5 Å². The highest BCUT2D eigenvalue weighted by molar-refractivity contribution is 7.98. The van der Waals surface area contributed by atoms with Crippen LogP contribution in [-0.4, -0.2) is 36.3 Å². The van der Waals surface area contributed by atoms with E-state index in [4.69, 9.17) is 9.72 Å². The average Bonchev–Trinajstić information content (AvgIpc) is 2.61. The number of piperidine rings is 1. The summed E-state index contributed by atoms with van der Waals surface area (Å²) in [6.45, 7) is 4.16. The highest BCUT2D eigenvalue weighted by Crippen LogP contribution is 2.26. The standard InChI is InChI=1S/C18H23N3OS/c1-14-8-9-21(12-16(14)22-2)17-10-19-11-18(20-17)23-13-15-6-4-3-5-7-15/h3-7,10-11,14,16H,8-9,12-13H2,1-2H3. The molecule has 1 aliphatic heterocycles. The molecule has 0 bridgehead atoms. The molecular weight excluding hydrogens is 306 g/mol. The number of ether oxygens (including phenoxy) is 1. The molecule has 2 heterocycles. The molecule has 1 aromatic heterocycles. The van der Waals surface area contributed by atoms with Crippen LogP contribution in [-0.2, 0) is 10.5 Å². The van der Waals surface area contributed by atoms with Gasteiger partial charge in [0.25, 0.3) is 0 Å². The summed E-state index contributed by atoms with van der Waals surface area (Å²) < 4.78 is 5.60. The van der Waals surface area contributed by atoms with Crippen molar-refractivity contribution in [2.24, 2.45) is 5.92 Å². The summed E-state index contributed by atoms with van der Waals surface area (Å²) in [7, 11) is 1.79. The van der Waals surface area contributed by atoms with Crippen molar-refractivity contribution in [3.05, 3.63) is 48.3 Å². The number of methoxy groups -OCH3 is 1. The predicted octanol–water partition coefficient (Wildman–Crippen LogP) is 3.63. The third kappa shape index (κ3) is 4.24. The molecule has 1 aromatic carbocycles. The third-order valence-corrected chi connectivity index (χ3v) is 5.32. The lowest BCUT2D eigenvalue weighted by Crippen LogP contribution is -2.44. The summed E-state index contributed by atoms with van der Waals surface area (Å²) in [5, 5.41) is 0.971. The van der Waals surface area contributed by atoms with Gasteiger partial charge in [-0.1, -0.05) is 37.3 Å². The number of anilines is 1. The van der Waals surface area contributed by atoms with Crippen LogP contribution in [0.4, 0.5) is 5.82 Å². The van der Waals surface area contributed by atoms with Crippen LogP contribution < -0.4 is 4.90 Å². The maximum Gasteiger partial charge on any atom is 0.148 e. The zero-order valence-corrected chi connectivity index (χ0v) is 14.5. The highest BCUT2D eigenvalue weighted by Gasteiger charge is 2.26. The summed E-state index contributed by atoms with van der Waals surface area (Å²) in [6.07, 6.45) is 5.10. The van der Waals surface area contributed by atoms with E-state index in [9.17, 15) is 0 Å². The van der Waals surface area contributed by atoms with E-state index in [0.29, 0.717) is 5.92 Å². The van der Waals surface area contributed by atoms with Crippen LogP contribution in [0.3, 0.4) is 0 Å². The summed E-state index contributed by atoms with van der Waals surface area (Å²) in [5.41, 5.74) is 1.30. The molecule has 5 heteroatoms. The van der Waals surface area contributed by atoms with Crippen molar-refractivity contribution < 1.29 is 4.74 Å². The summed E-state index contributed by atoms with van der Waals surface area (Å²) in [6, 6.07) is 10.5. The average molecular weight is 329 g/mol. The van der Waals surface area contributed by atoms with Gasteiger partial charge in [-0.25, -0.2) is 4.98 Å². The van der Waals surface area contributed by atoms with Crippen LogP contribution in [0, 0.1) is 5.92 Å².